The lowest BCUT2D eigenvalue weighted by atomic mass is 9.76. The molecule has 1 aliphatic carbocycles. The average molecular weight is 230 g/mol. The minimum atomic E-state index is 0.673. The molecule has 1 saturated heterocycles. The predicted molar refractivity (Wildman–Crippen MR) is 71.0 cm³/mol. The third-order valence-electron chi connectivity index (χ3n) is 4.28. The highest BCUT2D eigenvalue weighted by molar-refractivity contribution is 5.20. The SMILES string of the molecule is c1ccc([C@@H](C2CCC2)N2CCNCC2)cc1. The minimum absolute atomic E-state index is 0.673. The fourth-order valence-electron chi connectivity index (χ4n) is 3.15. The van der Waals surface area contributed by atoms with E-state index in [9.17, 15) is 0 Å². The summed E-state index contributed by atoms with van der Waals surface area (Å²) in [5, 5.41) is 3.45. The van der Waals surface area contributed by atoms with Gasteiger partial charge in [-0.25, -0.2) is 0 Å². The van der Waals surface area contributed by atoms with E-state index >= 15 is 0 Å². The fourth-order valence-corrected chi connectivity index (χ4v) is 3.15. The van der Waals surface area contributed by atoms with Crippen LogP contribution in [0.5, 0.6) is 0 Å². The van der Waals surface area contributed by atoms with E-state index in [1.165, 1.54) is 37.9 Å². The van der Waals surface area contributed by atoms with E-state index in [1.807, 2.05) is 0 Å². The van der Waals surface area contributed by atoms with Crippen LogP contribution in [0.25, 0.3) is 0 Å². The summed E-state index contributed by atoms with van der Waals surface area (Å²) in [6.07, 6.45) is 4.27. The van der Waals surface area contributed by atoms with Gasteiger partial charge in [-0.05, 0) is 24.3 Å². The summed E-state index contributed by atoms with van der Waals surface area (Å²) >= 11 is 0. The lowest BCUT2D eigenvalue weighted by Crippen LogP contribution is -2.47. The topological polar surface area (TPSA) is 15.3 Å². The summed E-state index contributed by atoms with van der Waals surface area (Å²) in [5.74, 6) is 0.899. The molecule has 0 radical (unpaired) electrons. The van der Waals surface area contributed by atoms with Gasteiger partial charge in [0, 0.05) is 32.2 Å². The molecule has 0 spiro atoms. The maximum atomic E-state index is 3.45. The number of nitrogens with zero attached hydrogens (tertiary/aromatic N) is 1. The van der Waals surface area contributed by atoms with Crippen molar-refractivity contribution in [2.24, 2.45) is 5.92 Å². The third kappa shape index (κ3) is 2.38. The fraction of sp³-hybridized carbons (Fsp3) is 0.600. The summed E-state index contributed by atoms with van der Waals surface area (Å²) in [4.78, 5) is 2.69. The summed E-state index contributed by atoms with van der Waals surface area (Å²) in [6.45, 7) is 4.71. The van der Waals surface area contributed by atoms with E-state index in [4.69, 9.17) is 0 Å². The van der Waals surface area contributed by atoms with Crippen molar-refractivity contribution >= 4 is 0 Å². The molecular formula is C15H22N2. The van der Waals surface area contributed by atoms with Gasteiger partial charge in [0.1, 0.15) is 0 Å². The number of piperazine rings is 1. The van der Waals surface area contributed by atoms with Gasteiger partial charge in [0.15, 0.2) is 0 Å². The molecule has 17 heavy (non-hydrogen) atoms. The summed E-state index contributed by atoms with van der Waals surface area (Å²) in [5.41, 5.74) is 1.53. The molecule has 2 fully saturated rings. The van der Waals surface area contributed by atoms with Crippen LogP contribution in [0.4, 0.5) is 0 Å². The van der Waals surface area contributed by atoms with Crippen LogP contribution >= 0.6 is 0 Å². The molecule has 1 aromatic carbocycles. The molecule has 2 heteroatoms. The van der Waals surface area contributed by atoms with E-state index < -0.39 is 0 Å². The van der Waals surface area contributed by atoms with Crippen molar-refractivity contribution in [1.82, 2.24) is 10.2 Å². The summed E-state index contributed by atoms with van der Waals surface area (Å²) in [7, 11) is 0. The molecule has 1 aromatic rings. The zero-order valence-electron chi connectivity index (χ0n) is 10.4. The van der Waals surface area contributed by atoms with Crippen molar-refractivity contribution in [3.05, 3.63) is 35.9 Å². The Morgan fingerprint density at radius 2 is 1.76 bits per heavy atom. The highest BCUT2D eigenvalue weighted by Gasteiger charge is 2.33. The van der Waals surface area contributed by atoms with Gasteiger partial charge in [0.2, 0.25) is 0 Å². The van der Waals surface area contributed by atoms with Gasteiger partial charge in [-0.3, -0.25) is 4.90 Å². The van der Waals surface area contributed by atoms with Gasteiger partial charge >= 0.3 is 0 Å². The molecule has 1 atom stereocenters. The van der Waals surface area contributed by atoms with Crippen molar-refractivity contribution < 1.29 is 0 Å². The van der Waals surface area contributed by atoms with Gasteiger partial charge in [0.25, 0.3) is 0 Å². The monoisotopic (exact) mass is 230 g/mol. The van der Waals surface area contributed by atoms with Crippen LogP contribution in [0.3, 0.4) is 0 Å². The van der Waals surface area contributed by atoms with Crippen molar-refractivity contribution in [2.75, 3.05) is 26.2 Å². The quantitative estimate of drug-likeness (QED) is 0.858. The lowest BCUT2D eigenvalue weighted by molar-refractivity contribution is 0.0837. The van der Waals surface area contributed by atoms with Crippen LogP contribution in [-0.2, 0) is 0 Å². The van der Waals surface area contributed by atoms with Crippen LogP contribution in [0, 0.1) is 5.92 Å². The summed E-state index contributed by atoms with van der Waals surface area (Å²) in [6, 6.07) is 11.8. The van der Waals surface area contributed by atoms with Gasteiger partial charge in [-0.1, -0.05) is 36.8 Å². The third-order valence-corrected chi connectivity index (χ3v) is 4.28. The zero-order valence-corrected chi connectivity index (χ0v) is 10.4. The molecule has 0 amide bonds. The van der Waals surface area contributed by atoms with Crippen molar-refractivity contribution in [3.8, 4) is 0 Å². The molecule has 0 unspecified atom stereocenters. The molecule has 92 valence electrons. The molecule has 1 heterocycles. The van der Waals surface area contributed by atoms with E-state index in [0.29, 0.717) is 6.04 Å². The maximum absolute atomic E-state index is 3.45. The van der Waals surface area contributed by atoms with Crippen LogP contribution < -0.4 is 5.32 Å². The molecule has 3 rings (SSSR count). The normalized spacial score (nSPS) is 24.2. The average Bonchev–Trinajstić information content (AvgIpc) is 2.36. The minimum Gasteiger partial charge on any atom is -0.314 e. The number of hydrogen-bond donors (Lipinski definition) is 1. The second-order valence-electron chi connectivity index (χ2n) is 5.33. The molecule has 2 aliphatic rings. The second-order valence-corrected chi connectivity index (χ2v) is 5.33. The Morgan fingerprint density at radius 1 is 1.06 bits per heavy atom. The number of hydrogen-bond acceptors (Lipinski definition) is 2. The van der Waals surface area contributed by atoms with E-state index in [0.717, 1.165) is 19.0 Å². The first-order chi connectivity index (χ1) is 8.45. The highest BCUT2D eigenvalue weighted by atomic mass is 15.2. The highest BCUT2D eigenvalue weighted by Crippen LogP contribution is 2.41. The Kier molecular flexibility index (Phi) is 3.44. The van der Waals surface area contributed by atoms with E-state index in [2.05, 4.69) is 40.5 Å². The van der Waals surface area contributed by atoms with Crippen molar-refractivity contribution in [1.29, 1.82) is 0 Å². The molecular weight excluding hydrogens is 208 g/mol. The Hall–Kier alpha value is -0.860. The van der Waals surface area contributed by atoms with Crippen LogP contribution in [-0.4, -0.2) is 31.1 Å². The van der Waals surface area contributed by atoms with Crippen molar-refractivity contribution in [2.45, 2.75) is 25.3 Å². The number of rotatable bonds is 3. The molecule has 1 N–H and O–H groups in total. The first kappa shape index (κ1) is 11.2. The molecule has 2 nitrogen and oxygen atoms in total. The van der Waals surface area contributed by atoms with E-state index in [-0.39, 0.29) is 0 Å². The molecule has 0 aromatic heterocycles. The van der Waals surface area contributed by atoms with E-state index in [1.54, 1.807) is 0 Å². The van der Waals surface area contributed by atoms with Crippen LogP contribution in [0.15, 0.2) is 30.3 Å². The largest absolute Gasteiger partial charge is 0.314 e. The Bertz CT molecular complexity index is 339. The standard InChI is InChI=1S/C15H22N2/c1-2-5-13(6-3-1)15(14-7-4-8-14)17-11-9-16-10-12-17/h1-3,5-6,14-16H,4,7-12H2/t15-/m0/s1. The Labute approximate surface area is 104 Å². The maximum Gasteiger partial charge on any atom is 0.0377 e. The van der Waals surface area contributed by atoms with Gasteiger partial charge in [-0.2, -0.15) is 0 Å². The number of nitrogens with one attached hydrogen (secondary N) is 1. The first-order valence-electron chi connectivity index (χ1n) is 6.95. The van der Waals surface area contributed by atoms with Gasteiger partial charge < -0.3 is 5.32 Å². The van der Waals surface area contributed by atoms with Gasteiger partial charge in [0.05, 0.1) is 0 Å². The van der Waals surface area contributed by atoms with Crippen LogP contribution in [0.2, 0.25) is 0 Å². The van der Waals surface area contributed by atoms with Crippen LogP contribution in [0.1, 0.15) is 30.9 Å². The molecule has 1 saturated carbocycles. The molecule has 0 bridgehead atoms. The Balaban J connectivity index is 1.80. The first-order valence-corrected chi connectivity index (χ1v) is 6.95. The lowest BCUT2D eigenvalue weighted by Gasteiger charge is -2.43. The molecule has 1 aliphatic heterocycles. The summed E-state index contributed by atoms with van der Waals surface area (Å²) < 4.78 is 0. The van der Waals surface area contributed by atoms with Crippen molar-refractivity contribution in [3.63, 3.8) is 0 Å². The predicted octanol–water partition coefficient (Wildman–Crippen LogP) is 2.43. The number of benzene rings is 1. The second kappa shape index (κ2) is 5.19. The van der Waals surface area contributed by atoms with Gasteiger partial charge in [-0.15, -0.1) is 0 Å². The zero-order chi connectivity index (χ0) is 11.5. The smallest absolute Gasteiger partial charge is 0.0377 e. The Morgan fingerprint density at radius 3 is 2.35 bits per heavy atom.